The lowest BCUT2D eigenvalue weighted by molar-refractivity contribution is -0.209. The first-order chi connectivity index (χ1) is 9.29. The third-order valence-electron chi connectivity index (χ3n) is 4.50. The predicted octanol–water partition coefficient (Wildman–Crippen LogP) is 2.59. The average Bonchev–Trinajstić information content (AvgIpc) is 2.31. The lowest BCUT2D eigenvalue weighted by Gasteiger charge is -2.45. The van der Waals surface area contributed by atoms with Crippen molar-refractivity contribution in [2.75, 3.05) is 0 Å². The fourth-order valence-electron chi connectivity index (χ4n) is 3.36. The summed E-state index contributed by atoms with van der Waals surface area (Å²) >= 11 is 0. The van der Waals surface area contributed by atoms with Gasteiger partial charge in [-0.25, -0.2) is 0 Å². The van der Waals surface area contributed by atoms with Crippen molar-refractivity contribution in [1.82, 2.24) is 0 Å². The Morgan fingerprint density at radius 2 is 2.10 bits per heavy atom. The molecule has 4 atom stereocenters. The molecule has 1 fully saturated rings. The first-order valence-corrected chi connectivity index (χ1v) is 7.50. The molecule has 20 heavy (non-hydrogen) atoms. The number of allylic oxidation sites excluding steroid dienone is 1. The molecule has 0 aromatic carbocycles. The monoisotopic (exact) mass is 282 g/mol. The van der Waals surface area contributed by atoms with E-state index in [0.29, 0.717) is 0 Å². The zero-order valence-corrected chi connectivity index (χ0v) is 12.9. The highest BCUT2D eigenvalue weighted by molar-refractivity contribution is 5.66. The van der Waals surface area contributed by atoms with E-state index < -0.39 is 11.7 Å². The fourth-order valence-corrected chi connectivity index (χ4v) is 3.36. The number of esters is 1. The van der Waals surface area contributed by atoms with E-state index in [-0.39, 0.29) is 24.1 Å². The van der Waals surface area contributed by atoms with E-state index in [9.17, 15) is 9.90 Å². The van der Waals surface area contributed by atoms with E-state index in [4.69, 9.17) is 9.47 Å². The SMILES string of the molecule is CC(=O)O[C@H]1CC[C@@H]([C@H]2CCC(C)=C[C@@H]2O)OC1(C)C. The minimum Gasteiger partial charge on any atom is -0.460 e. The number of hydrogen-bond donors (Lipinski definition) is 1. The Kier molecular flexibility index (Phi) is 4.55. The fraction of sp³-hybridized carbons (Fsp3) is 0.812. The Morgan fingerprint density at radius 3 is 2.65 bits per heavy atom. The van der Waals surface area contributed by atoms with Crippen LogP contribution in [0.2, 0.25) is 0 Å². The van der Waals surface area contributed by atoms with Gasteiger partial charge >= 0.3 is 5.97 Å². The summed E-state index contributed by atoms with van der Waals surface area (Å²) in [4.78, 5) is 11.1. The van der Waals surface area contributed by atoms with E-state index in [0.717, 1.165) is 25.7 Å². The minimum absolute atomic E-state index is 0.0381. The minimum atomic E-state index is -0.496. The molecule has 0 aromatic rings. The summed E-state index contributed by atoms with van der Waals surface area (Å²) in [6.45, 7) is 7.41. The largest absolute Gasteiger partial charge is 0.460 e. The number of carbonyl (C=O) groups is 1. The molecule has 0 spiro atoms. The number of rotatable bonds is 2. The zero-order chi connectivity index (χ0) is 14.9. The summed E-state index contributed by atoms with van der Waals surface area (Å²) in [6, 6.07) is 0. The third-order valence-corrected chi connectivity index (χ3v) is 4.50. The highest BCUT2D eigenvalue weighted by Crippen LogP contribution is 2.38. The highest BCUT2D eigenvalue weighted by atomic mass is 16.6. The Morgan fingerprint density at radius 1 is 1.40 bits per heavy atom. The number of ether oxygens (including phenoxy) is 2. The molecule has 4 heteroatoms. The van der Waals surface area contributed by atoms with Crippen LogP contribution in [0.15, 0.2) is 11.6 Å². The van der Waals surface area contributed by atoms with Gasteiger partial charge in [0.05, 0.1) is 17.8 Å². The zero-order valence-electron chi connectivity index (χ0n) is 12.9. The molecule has 0 radical (unpaired) electrons. The van der Waals surface area contributed by atoms with E-state index in [1.54, 1.807) is 0 Å². The maximum absolute atomic E-state index is 11.1. The molecule has 0 bridgehead atoms. The van der Waals surface area contributed by atoms with Gasteiger partial charge < -0.3 is 14.6 Å². The number of aliphatic hydroxyl groups is 1. The molecule has 1 aliphatic carbocycles. The van der Waals surface area contributed by atoms with E-state index >= 15 is 0 Å². The Balaban J connectivity index is 2.02. The van der Waals surface area contributed by atoms with E-state index in [1.165, 1.54) is 12.5 Å². The molecule has 0 saturated carbocycles. The van der Waals surface area contributed by atoms with Crippen molar-refractivity contribution in [3.8, 4) is 0 Å². The van der Waals surface area contributed by atoms with Crippen molar-refractivity contribution in [1.29, 1.82) is 0 Å². The van der Waals surface area contributed by atoms with Crippen LogP contribution in [-0.4, -0.2) is 35.0 Å². The van der Waals surface area contributed by atoms with E-state index in [2.05, 4.69) is 6.92 Å². The second-order valence-corrected chi connectivity index (χ2v) is 6.64. The van der Waals surface area contributed by atoms with Crippen LogP contribution in [0.3, 0.4) is 0 Å². The van der Waals surface area contributed by atoms with Crippen LogP contribution in [0.4, 0.5) is 0 Å². The van der Waals surface area contributed by atoms with Crippen LogP contribution in [0, 0.1) is 5.92 Å². The van der Waals surface area contributed by atoms with Gasteiger partial charge in [-0.2, -0.15) is 0 Å². The van der Waals surface area contributed by atoms with Gasteiger partial charge in [0.2, 0.25) is 0 Å². The van der Waals surface area contributed by atoms with Gasteiger partial charge in [-0.15, -0.1) is 0 Å². The summed E-state index contributed by atoms with van der Waals surface area (Å²) in [5, 5.41) is 10.2. The van der Waals surface area contributed by atoms with Crippen LogP contribution in [0.1, 0.15) is 53.4 Å². The summed E-state index contributed by atoms with van der Waals surface area (Å²) in [6.07, 6.45) is 4.97. The van der Waals surface area contributed by atoms with Crippen molar-refractivity contribution in [3.63, 3.8) is 0 Å². The molecule has 0 aromatic heterocycles. The van der Waals surface area contributed by atoms with Gasteiger partial charge in [0.15, 0.2) is 0 Å². The van der Waals surface area contributed by atoms with Gasteiger partial charge in [0.25, 0.3) is 0 Å². The molecule has 1 N–H and O–H groups in total. The predicted molar refractivity (Wildman–Crippen MR) is 76.2 cm³/mol. The van der Waals surface area contributed by atoms with Gasteiger partial charge in [0.1, 0.15) is 6.10 Å². The molecule has 1 heterocycles. The molecular weight excluding hydrogens is 256 g/mol. The standard InChI is InChI=1S/C16H26O4/c1-10-5-6-12(13(18)9-10)14-7-8-15(19-11(2)17)16(3,4)20-14/h9,12-15,18H,5-8H2,1-4H3/t12-,13-,14-,15-/m0/s1. The first kappa shape index (κ1) is 15.5. The maximum Gasteiger partial charge on any atom is 0.303 e. The van der Waals surface area contributed by atoms with Crippen molar-refractivity contribution in [2.24, 2.45) is 5.92 Å². The van der Waals surface area contributed by atoms with Crippen LogP contribution in [0.5, 0.6) is 0 Å². The second kappa shape index (κ2) is 5.86. The number of aliphatic hydroxyl groups excluding tert-OH is 1. The summed E-state index contributed by atoms with van der Waals surface area (Å²) in [5.41, 5.74) is 0.756. The van der Waals surface area contributed by atoms with Crippen molar-refractivity contribution < 1.29 is 19.4 Å². The Labute approximate surface area is 121 Å². The average molecular weight is 282 g/mol. The molecule has 4 nitrogen and oxygen atoms in total. The summed E-state index contributed by atoms with van der Waals surface area (Å²) < 4.78 is 11.5. The molecular formula is C16H26O4. The van der Waals surface area contributed by atoms with E-state index in [1.807, 2.05) is 19.9 Å². The molecule has 0 unspecified atom stereocenters. The Bertz CT molecular complexity index is 399. The van der Waals surface area contributed by atoms with Gasteiger partial charge in [0, 0.05) is 12.8 Å². The lowest BCUT2D eigenvalue weighted by Crippen LogP contribution is -2.52. The van der Waals surface area contributed by atoms with Crippen LogP contribution < -0.4 is 0 Å². The summed E-state index contributed by atoms with van der Waals surface area (Å²) in [7, 11) is 0. The first-order valence-electron chi connectivity index (χ1n) is 7.50. The van der Waals surface area contributed by atoms with Crippen molar-refractivity contribution >= 4 is 5.97 Å². The van der Waals surface area contributed by atoms with Crippen LogP contribution >= 0.6 is 0 Å². The van der Waals surface area contributed by atoms with Crippen molar-refractivity contribution in [2.45, 2.75) is 77.3 Å². The second-order valence-electron chi connectivity index (χ2n) is 6.64. The smallest absolute Gasteiger partial charge is 0.303 e. The molecule has 1 saturated heterocycles. The number of carbonyl (C=O) groups excluding carboxylic acids is 1. The van der Waals surface area contributed by atoms with Gasteiger partial charge in [-0.3, -0.25) is 4.79 Å². The van der Waals surface area contributed by atoms with Crippen molar-refractivity contribution in [3.05, 3.63) is 11.6 Å². The summed E-state index contributed by atoms with van der Waals surface area (Å²) in [5.74, 6) is -0.113. The molecule has 114 valence electrons. The Hall–Kier alpha value is -0.870. The highest BCUT2D eigenvalue weighted by Gasteiger charge is 2.43. The maximum atomic E-state index is 11.1. The van der Waals surface area contributed by atoms with Crippen LogP contribution in [0.25, 0.3) is 0 Å². The molecule has 0 amide bonds. The molecule has 2 aliphatic rings. The molecule has 1 aliphatic heterocycles. The molecule has 2 rings (SSSR count). The lowest BCUT2D eigenvalue weighted by atomic mass is 9.79. The topological polar surface area (TPSA) is 55.8 Å². The number of hydrogen-bond acceptors (Lipinski definition) is 4. The van der Waals surface area contributed by atoms with Gasteiger partial charge in [-0.05, 0) is 46.5 Å². The van der Waals surface area contributed by atoms with Gasteiger partial charge in [-0.1, -0.05) is 11.6 Å². The third kappa shape index (κ3) is 3.41. The normalized spacial score (nSPS) is 37.1. The quantitative estimate of drug-likeness (QED) is 0.625. The van der Waals surface area contributed by atoms with Crippen LogP contribution in [-0.2, 0) is 14.3 Å².